The minimum absolute atomic E-state index is 0.132. The number of hydrogen-bond acceptors (Lipinski definition) is 4. The maximum absolute atomic E-state index is 12.3. The van der Waals surface area contributed by atoms with Crippen molar-refractivity contribution in [3.63, 3.8) is 0 Å². The number of anilines is 2. The molecule has 0 atom stereocenters. The molecular formula is C21H18ClN3O2S. The Balaban J connectivity index is 1.37. The first-order valence-corrected chi connectivity index (χ1v) is 10.2. The first-order valence-electron chi connectivity index (χ1n) is 8.99. The summed E-state index contributed by atoms with van der Waals surface area (Å²) in [5, 5.41) is 6.26. The molecule has 2 heterocycles. The van der Waals surface area contributed by atoms with Crippen LogP contribution in [0.2, 0.25) is 5.02 Å². The van der Waals surface area contributed by atoms with Gasteiger partial charge in [0.2, 0.25) is 11.8 Å². The van der Waals surface area contributed by atoms with Crippen LogP contribution in [0.15, 0.2) is 53.9 Å². The molecule has 0 saturated carbocycles. The molecule has 2 amide bonds. The lowest BCUT2D eigenvalue weighted by atomic mass is 10.2. The van der Waals surface area contributed by atoms with Crippen molar-refractivity contribution in [1.82, 2.24) is 4.98 Å². The molecule has 0 spiro atoms. The lowest BCUT2D eigenvalue weighted by molar-refractivity contribution is -0.117. The SMILES string of the molecule is O=C(Cc1csc(-c2cccc(Cl)c2)n1)Nc1ccc(N2CCCC2=O)cc1. The highest BCUT2D eigenvalue weighted by Crippen LogP contribution is 2.26. The Morgan fingerprint density at radius 3 is 2.75 bits per heavy atom. The summed E-state index contributed by atoms with van der Waals surface area (Å²) in [6, 6.07) is 14.9. The highest BCUT2D eigenvalue weighted by Gasteiger charge is 2.21. The fourth-order valence-electron chi connectivity index (χ4n) is 3.16. The lowest BCUT2D eigenvalue weighted by Crippen LogP contribution is -2.23. The zero-order valence-corrected chi connectivity index (χ0v) is 16.6. The summed E-state index contributed by atoms with van der Waals surface area (Å²) < 4.78 is 0. The highest BCUT2D eigenvalue weighted by molar-refractivity contribution is 7.13. The minimum atomic E-state index is -0.132. The molecule has 28 heavy (non-hydrogen) atoms. The molecule has 2 aromatic carbocycles. The van der Waals surface area contributed by atoms with Crippen LogP contribution in [0, 0.1) is 0 Å². The van der Waals surface area contributed by atoms with E-state index in [9.17, 15) is 9.59 Å². The number of amides is 2. The van der Waals surface area contributed by atoms with Gasteiger partial charge in [0.25, 0.3) is 0 Å². The average molecular weight is 412 g/mol. The van der Waals surface area contributed by atoms with Gasteiger partial charge in [0.1, 0.15) is 5.01 Å². The van der Waals surface area contributed by atoms with E-state index in [-0.39, 0.29) is 18.2 Å². The number of halogens is 1. The number of nitrogens with one attached hydrogen (secondary N) is 1. The third-order valence-electron chi connectivity index (χ3n) is 4.50. The minimum Gasteiger partial charge on any atom is -0.326 e. The molecule has 142 valence electrons. The van der Waals surface area contributed by atoms with Crippen molar-refractivity contribution in [1.29, 1.82) is 0 Å². The second kappa shape index (κ2) is 8.12. The van der Waals surface area contributed by atoms with Crippen molar-refractivity contribution in [2.75, 3.05) is 16.8 Å². The number of nitrogens with zero attached hydrogens (tertiary/aromatic N) is 2. The van der Waals surface area contributed by atoms with Crippen molar-refractivity contribution in [2.45, 2.75) is 19.3 Å². The third kappa shape index (κ3) is 4.24. The molecular weight excluding hydrogens is 394 g/mol. The Bertz CT molecular complexity index is 1020. The number of benzene rings is 2. The van der Waals surface area contributed by atoms with Crippen LogP contribution < -0.4 is 10.2 Å². The van der Waals surface area contributed by atoms with Gasteiger partial charge in [0.15, 0.2) is 0 Å². The van der Waals surface area contributed by atoms with Gasteiger partial charge in [-0.15, -0.1) is 11.3 Å². The van der Waals surface area contributed by atoms with E-state index in [1.165, 1.54) is 11.3 Å². The summed E-state index contributed by atoms with van der Waals surface area (Å²) >= 11 is 7.52. The van der Waals surface area contributed by atoms with E-state index in [2.05, 4.69) is 10.3 Å². The van der Waals surface area contributed by atoms with E-state index in [4.69, 9.17) is 11.6 Å². The van der Waals surface area contributed by atoms with E-state index >= 15 is 0 Å². The topological polar surface area (TPSA) is 62.3 Å². The highest BCUT2D eigenvalue weighted by atomic mass is 35.5. The van der Waals surface area contributed by atoms with Gasteiger partial charge in [0, 0.05) is 40.3 Å². The molecule has 7 heteroatoms. The Morgan fingerprint density at radius 2 is 2.04 bits per heavy atom. The second-order valence-electron chi connectivity index (χ2n) is 6.58. The van der Waals surface area contributed by atoms with Crippen molar-refractivity contribution in [3.05, 3.63) is 64.6 Å². The van der Waals surface area contributed by atoms with Gasteiger partial charge in [-0.1, -0.05) is 23.7 Å². The fourth-order valence-corrected chi connectivity index (χ4v) is 4.16. The molecule has 0 bridgehead atoms. The summed E-state index contributed by atoms with van der Waals surface area (Å²) in [4.78, 5) is 30.5. The molecule has 0 unspecified atom stereocenters. The Hall–Kier alpha value is -2.70. The van der Waals surface area contributed by atoms with Gasteiger partial charge >= 0.3 is 0 Å². The van der Waals surface area contributed by atoms with Crippen LogP contribution >= 0.6 is 22.9 Å². The van der Waals surface area contributed by atoms with Crippen LogP contribution in [0.25, 0.3) is 10.6 Å². The summed E-state index contributed by atoms with van der Waals surface area (Å²) in [5.41, 5.74) is 3.23. The smallest absolute Gasteiger partial charge is 0.230 e. The Labute approximate surface area is 172 Å². The zero-order chi connectivity index (χ0) is 19.5. The molecule has 1 N–H and O–H groups in total. The molecule has 1 aromatic heterocycles. The summed E-state index contributed by atoms with van der Waals surface area (Å²) in [7, 11) is 0. The predicted octanol–water partition coefficient (Wildman–Crippen LogP) is 4.77. The number of carbonyl (C=O) groups is 2. The van der Waals surface area contributed by atoms with Gasteiger partial charge in [-0.05, 0) is 42.8 Å². The first kappa shape index (κ1) is 18.7. The zero-order valence-electron chi connectivity index (χ0n) is 15.0. The molecule has 1 saturated heterocycles. The fraction of sp³-hybridized carbons (Fsp3) is 0.190. The average Bonchev–Trinajstić information content (AvgIpc) is 3.31. The predicted molar refractivity (Wildman–Crippen MR) is 113 cm³/mol. The quantitative estimate of drug-likeness (QED) is 0.657. The van der Waals surface area contributed by atoms with Crippen molar-refractivity contribution in [2.24, 2.45) is 0 Å². The molecule has 1 fully saturated rings. The molecule has 0 radical (unpaired) electrons. The van der Waals surface area contributed by atoms with Crippen molar-refractivity contribution >= 4 is 46.1 Å². The first-order chi connectivity index (χ1) is 13.6. The van der Waals surface area contributed by atoms with E-state index in [0.29, 0.717) is 17.1 Å². The summed E-state index contributed by atoms with van der Waals surface area (Å²) in [6.07, 6.45) is 1.69. The van der Waals surface area contributed by atoms with Crippen LogP contribution in [-0.4, -0.2) is 23.3 Å². The normalized spacial score (nSPS) is 13.8. The molecule has 1 aliphatic heterocycles. The number of thiazole rings is 1. The Morgan fingerprint density at radius 1 is 1.21 bits per heavy atom. The van der Waals surface area contributed by atoms with Gasteiger partial charge < -0.3 is 10.2 Å². The Kier molecular flexibility index (Phi) is 5.41. The molecule has 1 aliphatic rings. The molecule has 5 nitrogen and oxygen atoms in total. The van der Waals surface area contributed by atoms with Crippen LogP contribution in [0.3, 0.4) is 0 Å². The van der Waals surface area contributed by atoms with Gasteiger partial charge in [-0.3, -0.25) is 9.59 Å². The number of carbonyl (C=O) groups excluding carboxylic acids is 2. The maximum atomic E-state index is 12.3. The molecule has 3 aromatic rings. The lowest BCUT2D eigenvalue weighted by Gasteiger charge is -2.16. The van der Waals surface area contributed by atoms with E-state index in [0.717, 1.165) is 34.9 Å². The van der Waals surface area contributed by atoms with Gasteiger partial charge in [-0.2, -0.15) is 0 Å². The summed E-state index contributed by atoms with van der Waals surface area (Å²) in [5.74, 6) is 0.0174. The number of aromatic nitrogens is 1. The van der Waals surface area contributed by atoms with Gasteiger partial charge in [-0.25, -0.2) is 4.98 Å². The van der Waals surface area contributed by atoms with Crippen LogP contribution in [0.5, 0.6) is 0 Å². The third-order valence-corrected chi connectivity index (χ3v) is 5.68. The van der Waals surface area contributed by atoms with E-state index in [1.807, 2.05) is 53.9 Å². The number of rotatable bonds is 5. The van der Waals surface area contributed by atoms with Crippen molar-refractivity contribution < 1.29 is 9.59 Å². The van der Waals surface area contributed by atoms with Crippen LogP contribution in [0.4, 0.5) is 11.4 Å². The van der Waals surface area contributed by atoms with E-state index < -0.39 is 0 Å². The van der Waals surface area contributed by atoms with Crippen molar-refractivity contribution in [3.8, 4) is 10.6 Å². The van der Waals surface area contributed by atoms with Crippen LogP contribution in [-0.2, 0) is 16.0 Å². The monoisotopic (exact) mass is 411 g/mol. The number of hydrogen-bond donors (Lipinski definition) is 1. The summed E-state index contributed by atoms with van der Waals surface area (Å²) in [6.45, 7) is 0.753. The standard InChI is InChI=1S/C21H18ClN3O2S/c22-15-4-1-3-14(11-15)21-24-17(13-28-21)12-19(26)23-16-6-8-18(9-7-16)25-10-2-5-20(25)27/h1,3-4,6-9,11,13H,2,5,10,12H2,(H,23,26). The molecule has 0 aliphatic carbocycles. The van der Waals surface area contributed by atoms with Gasteiger partial charge in [0.05, 0.1) is 12.1 Å². The second-order valence-corrected chi connectivity index (χ2v) is 7.87. The van der Waals surface area contributed by atoms with Crippen LogP contribution in [0.1, 0.15) is 18.5 Å². The maximum Gasteiger partial charge on any atom is 0.230 e. The molecule has 4 rings (SSSR count). The van der Waals surface area contributed by atoms with E-state index in [1.54, 1.807) is 4.90 Å². The largest absolute Gasteiger partial charge is 0.326 e.